The molecule has 0 aromatic heterocycles. The summed E-state index contributed by atoms with van der Waals surface area (Å²) in [6.45, 7) is 8.52. The molecule has 1 aliphatic carbocycles. The Morgan fingerprint density at radius 2 is 1.70 bits per heavy atom. The number of hydrogen-bond acceptors (Lipinski definition) is 6. The summed E-state index contributed by atoms with van der Waals surface area (Å²) in [6, 6.07) is 19.4. The molecule has 2 amide bonds. The van der Waals surface area contributed by atoms with Crippen molar-refractivity contribution in [2.45, 2.75) is 77.5 Å². The molecular formula is C38H48ClN3O5. The van der Waals surface area contributed by atoms with Gasteiger partial charge in [-0.25, -0.2) is 0 Å². The third-order valence-corrected chi connectivity index (χ3v) is 9.40. The quantitative estimate of drug-likeness (QED) is 0.231. The van der Waals surface area contributed by atoms with Gasteiger partial charge in [-0.1, -0.05) is 23.7 Å². The Hall–Kier alpha value is -3.75. The molecule has 0 saturated heterocycles. The average Bonchev–Trinajstić information content (AvgIpc) is 3.03. The second-order valence-electron chi connectivity index (χ2n) is 13.9. The highest BCUT2D eigenvalue weighted by molar-refractivity contribution is 6.30. The minimum absolute atomic E-state index is 0.00137. The van der Waals surface area contributed by atoms with E-state index in [0.717, 1.165) is 60.3 Å². The molecule has 1 atom stereocenters. The van der Waals surface area contributed by atoms with E-state index < -0.39 is 5.60 Å². The van der Waals surface area contributed by atoms with Crippen molar-refractivity contribution < 1.29 is 24.2 Å². The Labute approximate surface area is 284 Å². The van der Waals surface area contributed by atoms with E-state index in [1.54, 1.807) is 21.0 Å². The van der Waals surface area contributed by atoms with Gasteiger partial charge in [-0.15, -0.1) is 0 Å². The molecule has 0 radical (unpaired) electrons. The number of rotatable bonds is 11. The van der Waals surface area contributed by atoms with Gasteiger partial charge in [0.15, 0.2) is 11.5 Å². The Morgan fingerprint density at radius 1 is 1.04 bits per heavy atom. The van der Waals surface area contributed by atoms with Crippen molar-refractivity contribution in [3.8, 4) is 11.5 Å². The zero-order valence-electron chi connectivity index (χ0n) is 28.4. The molecule has 5 rings (SSSR count). The van der Waals surface area contributed by atoms with Crippen LogP contribution in [0.3, 0.4) is 0 Å². The standard InChI is InChI=1S/C38H48ClN3O5/c1-24(2)47-34-21-32-28(19-33(34)46-6)20-35(43)42(36(32)26-11-13-29(39)14-12-26)31-17-15-30(16-18-31)41(5)22-25-7-9-27(10-8-25)37(44)40-23-38(3,4)45/h11-19,21,24-25,27,36,45H,7-10,20,22-23H2,1-6H3,(H,40,44)/t25?,27?,36-/m0/s1. The Bertz CT molecular complexity index is 1540. The first kappa shape index (κ1) is 34.6. The highest BCUT2D eigenvalue weighted by Crippen LogP contribution is 2.44. The summed E-state index contributed by atoms with van der Waals surface area (Å²) in [4.78, 5) is 30.6. The summed E-state index contributed by atoms with van der Waals surface area (Å²) < 4.78 is 11.8. The van der Waals surface area contributed by atoms with E-state index in [4.69, 9.17) is 21.1 Å². The number of amides is 2. The maximum Gasteiger partial charge on any atom is 0.232 e. The van der Waals surface area contributed by atoms with E-state index in [-0.39, 0.29) is 42.8 Å². The van der Waals surface area contributed by atoms with Gasteiger partial charge in [0.1, 0.15) is 0 Å². The van der Waals surface area contributed by atoms with Crippen LogP contribution in [0.4, 0.5) is 11.4 Å². The number of methoxy groups -OCH3 is 1. The molecule has 1 fully saturated rings. The second kappa shape index (κ2) is 14.6. The molecule has 0 bridgehead atoms. The molecule has 2 aliphatic rings. The molecule has 1 aliphatic heterocycles. The van der Waals surface area contributed by atoms with Crippen molar-refractivity contribution in [2.75, 3.05) is 37.0 Å². The Morgan fingerprint density at radius 3 is 2.30 bits per heavy atom. The predicted octanol–water partition coefficient (Wildman–Crippen LogP) is 6.94. The van der Waals surface area contributed by atoms with E-state index in [1.807, 2.05) is 67.3 Å². The van der Waals surface area contributed by atoms with Crippen molar-refractivity contribution >= 4 is 34.8 Å². The van der Waals surface area contributed by atoms with Gasteiger partial charge in [-0.2, -0.15) is 0 Å². The zero-order chi connectivity index (χ0) is 33.9. The lowest BCUT2D eigenvalue weighted by atomic mass is 9.81. The number of ether oxygens (including phenoxy) is 2. The van der Waals surface area contributed by atoms with Crippen LogP contribution in [0.1, 0.15) is 76.1 Å². The predicted molar refractivity (Wildman–Crippen MR) is 188 cm³/mol. The average molecular weight is 662 g/mol. The van der Waals surface area contributed by atoms with Gasteiger partial charge in [0.05, 0.1) is 31.3 Å². The molecule has 0 spiro atoms. The smallest absolute Gasteiger partial charge is 0.232 e. The summed E-state index contributed by atoms with van der Waals surface area (Å²) in [5.74, 6) is 1.81. The maximum absolute atomic E-state index is 13.9. The van der Waals surface area contributed by atoms with Crippen LogP contribution < -0.4 is 24.6 Å². The molecule has 252 valence electrons. The van der Waals surface area contributed by atoms with Crippen molar-refractivity contribution in [1.82, 2.24) is 5.32 Å². The number of fused-ring (bicyclic) bond motifs is 1. The van der Waals surface area contributed by atoms with Crippen LogP contribution in [0.2, 0.25) is 5.02 Å². The van der Waals surface area contributed by atoms with Crippen LogP contribution in [0.25, 0.3) is 0 Å². The molecule has 8 nitrogen and oxygen atoms in total. The number of nitrogens with zero attached hydrogens (tertiary/aromatic N) is 2. The molecule has 0 unspecified atom stereocenters. The normalized spacial score (nSPS) is 19.7. The summed E-state index contributed by atoms with van der Waals surface area (Å²) in [5.41, 5.74) is 3.85. The summed E-state index contributed by atoms with van der Waals surface area (Å²) in [5, 5.41) is 13.5. The van der Waals surface area contributed by atoms with Crippen molar-refractivity contribution in [3.63, 3.8) is 0 Å². The maximum atomic E-state index is 13.9. The van der Waals surface area contributed by atoms with E-state index >= 15 is 0 Å². The van der Waals surface area contributed by atoms with Crippen molar-refractivity contribution in [3.05, 3.63) is 82.4 Å². The first-order chi connectivity index (χ1) is 22.3. The van der Waals surface area contributed by atoms with Gasteiger partial charge < -0.3 is 29.7 Å². The van der Waals surface area contributed by atoms with Crippen LogP contribution >= 0.6 is 11.6 Å². The molecular weight excluding hydrogens is 614 g/mol. The van der Waals surface area contributed by atoms with Crippen LogP contribution in [0, 0.1) is 11.8 Å². The van der Waals surface area contributed by atoms with Crippen LogP contribution in [0.15, 0.2) is 60.7 Å². The number of benzene rings is 3. The first-order valence-corrected chi connectivity index (χ1v) is 17.0. The lowest BCUT2D eigenvalue weighted by Crippen LogP contribution is -2.42. The number of hydrogen-bond donors (Lipinski definition) is 2. The molecule has 1 saturated carbocycles. The molecule has 1 heterocycles. The molecule has 3 aromatic rings. The molecule has 2 N–H and O–H groups in total. The van der Waals surface area contributed by atoms with Gasteiger partial charge in [0, 0.05) is 42.5 Å². The van der Waals surface area contributed by atoms with E-state index in [1.165, 1.54) is 0 Å². The van der Waals surface area contributed by atoms with Crippen molar-refractivity contribution in [1.29, 1.82) is 0 Å². The van der Waals surface area contributed by atoms with Crippen molar-refractivity contribution in [2.24, 2.45) is 11.8 Å². The zero-order valence-corrected chi connectivity index (χ0v) is 29.1. The van der Waals surface area contributed by atoms with Gasteiger partial charge in [-0.05, 0) is 125 Å². The third kappa shape index (κ3) is 8.40. The number of halogens is 1. The minimum Gasteiger partial charge on any atom is -0.493 e. The molecule has 47 heavy (non-hydrogen) atoms. The summed E-state index contributed by atoms with van der Waals surface area (Å²) >= 11 is 6.27. The summed E-state index contributed by atoms with van der Waals surface area (Å²) in [7, 11) is 3.71. The lowest BCUT2D eigenvalue weighted by Gasteiger charge is -2.38. The Kier molecular flexibility index (Phi) is 10.7. The number of aliphatic hydroxyl groups is 1. The van der Waals surface area contributed by atoms with Gasteiger partial charge in [0.25, 0.3) is 0 Å². The fraction of sp³-hybridized carbons (Fsp3) is 0.474. The monoisotopic (exact) mass is 661 g/mol. The van der Waals surface area contributed by atoms with Crippen LogP contribution in [-0.4, -0.2) is 55.9 Å². The van der Waals surface area contributed by atoms with E-state index in [2.05, 4.69) is 29.4 Å². The number of carbonyl (C=O) groups is 2. The SMILES string of the molecule is COc1cc2c(cc1OC(C)C)[C@H](c1ccc(Cl)cc1)N(c1ccc(N(C)CC3CCC(C(=O)NCC(C)(C)O)CC3)cc1)C(=O)C2. The largest absolute Gasteiger partial charge is 0.493 e. The van der Waals surface area contributed by atoms with E-state index in [9.17, 15) is 14.7 Å². The Balaban J connectivity index is 1.33. The second-order valence-corrected chi connectivity index (χ2v) is 14.3. The lowest BCUT2D eigenvalue weighted by molar-refractivity contribution is -0.127. The van der Waals surface area contributed by atoms with Gasteiger partial charge in [0.2, 0.25) is 11.8 Å². The number of anilines is 2. The van der Waals surface area contributed by atoms with Crippen LogP contribution in [-0.2, 0) is 16.0 Å². The van der Waals surface area contributed by atoms with Crippen LogP contribution in [0.5, 0.6) is 11.5 Å². The molecule has 9 heteroatoms. The van der Waals surface area contributed by atoms with Gasteiger partial charge >= 0.3 is 0 Å². The van der Waals surface area contributed by atoms with E-state index in [0.29, 0.717) is 22.4 Å². The fourth-order valence-electron chi connectivity index (χ4n) is 6.74. The minimum atomic E-state index is -0.909. The third-order valence-electron chi connectivity index (χ3n) is 9.15. The highest BCUT2D eigenvalue weighted by atomic mass is 35.5. The summed E-state index contributed by atoms with van der Waals surface area (Å²) in [6.07, 6.45) is 3.89. The topological polar surface area (TPSA) is 91.3 Å². The first-order valence-electron chi connectivity index (χ1n) is 16.6. The molecule has 3 aromatic carbocycles. The number of carbonyl (C=O) groups excluding carboxylic acids is 2. The highest BCUT2D eigenvalue weighted by Gasteiger charge is 2.36. The number of nitrogens with one attached hydrogen (secondary N) is 1. The fourth-order valence-corrected chi connectivity index (χ4v) is 6.87. The van der Waals surface area contributed by atoms with Gasteiger partial charge in [-0.3, -0.25) is 9.59 Å².